The van der Waals surface area contributed by atoms with Gasteiger partial charge in [-0.15, -0.1) is 6.58 Å². The van der Waals surface area contributed by atoms with Crippen molar-refractivity contribution in [3.63, 3.8) is 0 Å². The Morgan fingerprint density at radius 2 is 1.53 bits per heavy atom. The minimum atomic E-state index is -0.725. The van der Waals surface area contributed by atoms with E-state index >= 15 is 0 Å². The molecule has 2 aliphatic heterocycles. The van der Waals surface area contributed by atoms with E-state index in [1.54, 1.807) is 0 Å². The van der Waals surface area contributed by atoms with Crippen molar-refractivity contribution in [3.05, 3.63) is 84.4 Å². The lowest BCUT2D eigenvalue weighted by Crippen LogP contribution is -2.49. The average molecular weight is 411 g/mol. The predicted octanol–water partition coefficient (Wildman–Crippen LogP) is 4.61. The van der Waals surface area contributed by atoms with Gasteiger partial charge in [-0.2, -0.15) is 0 Å². The summed E-state index contributed by atoms with van der Waals surface area (Å²) in [6.45, 7) is 9.03. The van der Waals surface area contributed by atoms with Crippen LogP contribution in [0, 0.1) is 0 Å². The van der Waals surface area contributed by atoms with Gasteiger partial charge in [-0.1, -0.05) is 66.7 Å². The zero-order valence-corrected chi connectivity index (χ0v) is 17.7. The molecule has 2 fully saturated rings. The van der Waals surface area contributed by atoms with E-state index in [0.29, 0.717) is 26.2 Å². The molecular formula is C25H30O5. The van der Waals surface area contributed by atoms with Gasteiger partial charge in [-0.3, -0.25) is 0 Å². The lowest BCUT2D eigenvalue weighted by molar-refractivity contribution is -0.254. The van der Waals surface area contributed by atoms with Crippen LogP contribution in [0.15, 0.2) is 73.3 Å². The van der Waals surface area contributed by atoms with E-state index in [1.165, 1.54) is 0 Å². The van der Waals surface area contributed by atoms with Crippen LogP contribution in [-0.4, -0.2) is 36.5 Å². The van der Waals surface area contributed by atoms with Gasteiger partial charge in [0, 0.05) is 0 Å². The van der Waals surface area contributed by atoms with Gasteiger partial charge in [0.2, 0.25) is 0 Å². The van der Waals surface area contributed by atoms with Crippen molar-refractivity contribution in [2.45, 2.75) is 63.4 Å². The fourth-order valence-corrected chi connectivity index (χ4v) is 4.16. The highest BCUT2D eigenvalue weighted by molar-refractivity contribution is 5.15. The van der Waals surface area contributed by atoms with E-state index in [2.05, 4.69) is 6.58 Å². The molecule has 2 heterocycles. The summed E-state index contributed by atoms with van der Waals surface area (Å²) >= 11 is 0. The lowest BCUT2D eigenvalue weighted by atomic mass is 9.92. The van der Waals surface area contributed by atoms with Crippen LogP contribution in [0.25, 0.3) is 0 Å². The molecule has 2 aromatic rings. The summed E-state index contributed by atoms with van der Waals surface area (Å²) in [4.78, 5) is 0. The molecule has 0 amide bonds. The van der Waals surface area contributed by atoms with E-state index in [0.717, 1.165) is 11.1 Å². The molecule has 5 nitrogen and oxygen atoms in total. The molecule has 30 heavy (non-hydrogen) atoms. The summed E-state index contributed by atoms with van der Waals surface area (Å²) in [6, 6.07) is 20.2. The number of hydrogen-bond donors (Lipinski definition) is 0. The number of hydrogen-bond acceptors (Lipinski definition) is 5. The third kappa shape index (κ3) is 4.66. The van der Waals surface area contributed by atoms with Crippen molar-refractivity contribution in [3.8, 4) is 0 Å². The molecule has 4 atom stereocenters. The third-order valence-electron chi connectivity index (χ3n) is 5.48. The largest absolute Gasteiger partial charge is 0.374 e. The van der Waals surface area contributed by atoms with E-state index in [4.69, 9.17) is 23.7 Å². The van der Waals surface area contributed by atoms with Gasteiger partial charge in [0.15, 0.2) is 12.1 Å². The van der Waals surface area contributed by atoms with Crippen LogP contribution in [0.5, 0.6) is 0 Å². The number of rotatable bonds is 9. The Morgan fingerprint density at radius 1 is 0.900 bits per heavy atom. The summed E-state index contributed by atoms with van der Waals surface area (Å²) in [5.41, 5.74) is 1.48. The summed E-state index contributed by atoms with van der Waals surface area (Å²) in [5.74, 6) is -0.713. The maximum absolute atomic E-state index is 6.42. The van der Waals surface area contributed by atoms with Crippen LogP contribution in [-0.2, 0) is 36.9 Å². The Bertz CT molecular complexity index is 822. The molecule has 4 rings (SSSR count). The van der Waals surface area contributed by atoms with E-state index in [1.807, 2.05) is 80.6 Å². The highest BCUT2D eigenvalue weighted by Crippen LogP contribution is 2.45. The highest BCUT2D eigenvalue weighted by atomic mass is 16.8. The van der Waals surface area contributed by atoms with Gasteiger partial charge in [-0.25, -0.2) is 0 Å². The second-order valence-electron chi connectivity index (χ2n) is 8.34. The molecule has 0 aliphatic carbocycles. The normalized spacial score (nSPS) is 29.6. The Balaban J connectivity index is 1.51. The first-order valence-electron chi connectivity index (χ1n) is 10.4. The lowest BCUT2D eigenvalue weighted by Gasteiger charge is -2.36. The fourth-order valence-electron chi connectivity index (χ4n) is 4.16. The quantitative estimate of drug-likeness (QED) is 0.565. The van der Waals surface area contributed by atoms with Crippen LogP contribution < -0.4 is 0 Å². The Labute approximate surface area is 178 Å². The number of benzene rings is 2. The van der Waals surface area contributed by atoms with Gasteiger partial charge in [0.25, 0.3) is 0 Å². The molecule has 0 aromatic heterocycles. The maximum atomic E-state index is 6.42. The van der Waals surface area contributed by atoms with E-state index < -0.39 is 17.7 Å². The molecule has 0 bridgehead atoms. The average Bonchev–Trinajstić information content (AvgIpc) is 3.17. The van der Waals surface area contributed by atoms with Crippen LogP contribution in [0.4, 0.5) is 0 Å². The molecule has 160 valence electrons. The molecule has 0 unspecified atom stereocenters. The molecule has 5 heteroatoms. The highest BCUT2D eigenvalue weighted by Gasteiger charge is 2.62. The minimum Gasteiger partial charge on any atom is -0.374 e. The second-order valence-corrected chi connectivity index (χ2v) is 8.34. The van der Waals surface area contributed by atoms with Crippen LogP contribution in [0.2, 0.25) is 0 Å². The van der Waals surface area contributed by atoms with Crippen LogP contribution >= 0.6 is 0 Å². The van der Waals surface area contributed by atoms with Crippen molar-refractivity contribution in [2.24, 2.45) is 0 Å². The first-order valence-corrected chi connectivity index (χ1v) is 10.4. The first-order chi connectivity index (χ1) is 14.5. The Kier molecular flexibility index (Phi) is 6.37. The Hall–Kier alpha value is -2.02. The van der Waals surface area contributed by atoms with Crippen molar-refractivity contribution < 1.29 is 23.7 Å². The van der Waals surface area contributed by atoms with E-state index in [9.17, 15) is 0 Å². The topological polar surface area (TPSA) is 46.2 Å². The molecular weight excluding hydrogens is 380 g/mol. The number of ether oxygens (including phenoxy) is 5. The molecule has 0 spiro atoms. The summed E-state index contributed by atoms with van der Waals surface area (Å²) < 4.78 is 31.1. The smallest absolute Gasteiger partial charge is 0.190 e. The van der Waals surface area contributed by atoms with Crippen molar-refractivity contribution in [2.75, 3.05) is 6.61 Å². The number of fused-ring (bicyclic) bond motifs is 1. The molecule has 2 saturated heterocycles. The van der Waals surface area contributed by atoms with Crippen LogP contribution in [0.3, 0.4) is 0 Å². The summed E-state index contributed by atoms with van der Waals surface area (Å²) in [7, 11) is 0. The zero-order chi connectivity index (χ0) is 21.0. The van der Waals surface area contributed by atoms with Gasteiger partial charge in [-0.05, 0) is 31.4 Å². The molecule has 0 N–H and O–H groups in total. The minimum absolute atomic E-state index is 0.330. The molecule has 0 radical (unpaired) electrons. The Morgan fingerprint density at radius 3 is 2.17 bits per heavy atom. The second kappa shape index (κ2) is 9.00. The molecule has 0 saturated carbocycles. The monoisotopic (exact) mass is 410 g/mol. The van der Waals surface area contributed by atoms with Gasteiger partial charge in [0.1, 0.15) is 17.8 Å². The fraction of sp³-hybridized carbons (Fsp3) is 0.440. The standard InChI is InChI=1S/C25H30O5/c1-4-15-25(18-26-16-19-11-7-5-8-12-19)22(27-17-20-13-9-6-10-14-20)21-23(30-25)29-24(2,3)28-21/h4-14,21-23H,1,15-18H2,2-3H3/t21-,22+,23+,25-/m1/s1. The molecule has 2 aliphatic rings. The SMILES string of the molecule is C=CC[C@]1(COCc2ccccc2)O[C@@H]2OC(C)(C)O[C@@H]2[C@@H]1OCc1ccccc1. The van der Waals surface area contributed by atoms with Crippen molar-refractivity contribution in [1.29, 1.82) is 0 Å². The maximum Gasteiger partial charge on any atom is 0.190 e. The predicted molar refractivity (Wildman–Crippen MR) is 114 cm³/mol. The van der Waals surface area contributed by atoms with Crippen LogP contribution in [0.1, 0.15) is 31.4 Å². The zero-order valence-electron chi connectivity index (χ0n) is 17.7. The van der Waals surface area contributed by atoms with Gasteiger partial charge >= 0.3 is 0 Å². The summed E-state index contributed by atoms with van der Waals surface area (Å²) in [5, 5.41) is 0. The van der Waals surface area contributed by atoms with Crippen molar-refractivity contribution >= 4 is 0 Å². The van der Waals surface area contributed by atoms with E-state index in [-0.39, 0.29) is 12.2 Å². The van der Waals surface area contributed by atoms with Gasteiger partial charge in [0.05, 0.1) is 19.8 Å². The van der Waals surface area contributed by atoms with Gasteiger partial charge < -0.3 is 23.7 Å². The third-order valence-corrected chi connectivity index (χ3v) is 5.48. The summed E-state index contributed by atoms with van der Waals surface area (Å²) in [6.07, 6.45) is 1.24. The van der Waals surface area contributed by atoms with Crippen molar-refractivity contribution in [1.82, 2.24) is 0 Å². The molecule has 2 aromatic carbocycles. The first kappa shape index (κ1) is 21.2.